The van der Waals surface area contributed by atoms with Crippen molar-refractivity contribution in [2.45, 2.75) is 6.61 Å². The first-order valence-corrected chi connectivity index (χ1v) is 8.36. The van der Waals surface area contributed by atoms with E-state index in [4.69, 9.17) is 20.9 Å². The Balaban J connectivity index is 1.48. The second-order valence-corrected chi connectivity index (χ2v) is 6.13. The van der Waals surface area contributed by atoms with Gasteiger partial charge in [-0.15, -0.1) is 0 Å². The third kappa shape index (κ3) is 3.58. The molecule has 0 unspecified atom stereocenters. The van der Waals surface area contributed by atoms with Gasteiger partial charge >= 0.3 is 5.97 Å². The van der Waals surface area contributed by atoms with Gasteiger partial charge in [0.05, 0.1) is 0 Å². The molecule has 0 bridgehead atoms. The minimum absolute atomic E-state index is 0.0520. The quantitative estimate of drug-likeness (QED) is 0.542. The summed E-state index contributed by atoms with van der Waals surface area (Å²) in [6, 6.07) is 15.5. The monoisotopic (exact) mass is 381 g/mol. The van der Waals surface area contributed by atoms with Crippen LogP contribution in [0, 0.1) is 0 Å². The van der Waals surface area contributed by atoms with Crippen LogP contribution in [-0.2, 0) is 11.3 Å². The number of aromatic nitrogens is 3. The summed E-state index contributed by atoms with van der Waals surface area (Å²) in [6.45, 7) is -0.214. The molecule has 0 saturated carbocycles. The third-order valence-corrected chi connectivity index (χ3v) is 4.12. The van der Waals surface area contributed by atoms with Crippen molar-refractivity contribution in [2.75, 3.05) is 0 Å². The number of carbonyl (C=O) groups excluding carboxylic acids is 1. The number of halogens is 1. The van der Waals surface area contributed by atoms with Crippen LogP contribution in [0.15, 0.2) is 63.9 Å². The Hall–Kier alpha value is -3.45. The van der Waals surface area contributed by atoms with Crippen molar-refractivity contribution in [1.29, 1.82) is 0 Å². The van der Waals surface area contributed by atoms with E-state index in [0.29, 0.717) is 21.6 Å². The lowest BCUT2D eigenvalue weighted by Gasteiger charge is -2.03. The predicted octanol–water partition coefficient (Wildman–Crippen LogP) is 3.59. The Morgan fingerprint density at radius 3 is 2.74 bits per heavy atom. The van der Waals surface area contributed by atoms with Crippen molar-refractivity contribution in [3.05, 3.63) is 81.6 Å². The molecule has 134 valence electrons. The molecule has 4 rings (SSSR count). The van der Waals surface area contributed by atoms with Gasteiger partial charge in [-0.1, -0.05) is 35.0 Å². The standard InChI is InChI=1S/C19H12ClN3O4/c20-13-7-5-11(6-8-13)17-22-16(27-23-17)10-26-19(25)15-9-12-3-1-2-4-14(12)18(24)21-15/h1-9H,10H2,(H,21,24). The second kappa shape index (κ2) is 7.05. The van der Waals surface area contributed by atoms with Crippen molar-refractivity contribution < 1.29 is 14.1 Å². The van der Waals surface area contributed by atoms with E-state index >= 15 is 0 Å². The Morgan fingerprint density at radius 2 is 1.93 bits per heavy atom. The Morgan fingerprint density at radius 1 is 1.15 bits per heavy atom. The zero-order valence-corrected chi connectivity index (χ0v) is 14.6. The van der Waals surface area contributed by atoms with Crippen LogP contribution in [0.3, 0.4) is 0 Å². The molecule has 0 amide bonds. The van der Waals surface area contributed by atoms with Gasteiger partial charge in [-0.2, -0.15) is 4.98 Å². The number of aromatic amines is 1. The fourth-order valence-corrected chi connectivity index (χ4v) is 2.68. The molecule has 0 aliphatic heterocycles. The summed E-state index contributed by atoms with van der Waals surface area (Å²) in [7, 11) is 0. The highest BCUT2D eigenvalue weighted by atomic mass is 35.5. The van der Waals surface area contributed by atoms with E-state index in [1.54, 1.807) is 54.6 Å². The fourth-order valence-electron chi connectivity index (χ4n) is 2.56. The molecule has 0 fully saturated rings. The van der Waals surface area contributed by atoms with Crippen molar-refractivity contribution in [2.24, 2.45) is 0 Å². The van der Waals surface area contributed by atoms with E-state index in [9.17, 15) is 9.59 Å². The Kier molecular flexibility index (Phi) is 4.43. The number of fused-ring (bicyclic) bond motifs is 1. The molecule has 2 aromatic carbocycles. The normalized spacial score (nSPS) is 10.9. The van der Waals surface area contributed by atoms with E-state index < -0.39 is 5.97 Å². The first-order valence-electron chi connectivity index (χ1n) is 7.98. The number of rotatable bonds is 4. The minimum atomic E-state index is -0.691. The molecule has 2 heterocycles. The van der Waals surface area contributed by atoms with Crippen molar-refractivity contribution in [3.8, 4) is 11.4 Å². The van der Waals surface area contributed by atoms with E-state index in [1.165, 1.54) is 0 Å². The summed E-state index contributed by atoms with van der Waals surface area (Å²) in [5.74, 6) is -0.197. The smallest absolute Gasteiger partial charge is 0.355 e. The van der Waals surface area contributed by atoms with E-state index in [-0.39, 0.29) is 23.8 Å². The maximum absolute atomic E-state index is 12.2. The highest BCUT2D eigenvalue weighted by Gasteiger charge is 2.14. The molecule has 0 spiro atoms. The van der Waals surface area contributed by atoms with Gasteiger partial charge in [0.15, 0.2) is 6.61 Å². The number of carbonyl (C=O) groups is 1. The number of nitrogens with one attached hydrogen (secondary N) is 1. The zero-order chi connectivity index (χ0) is 18.8. The van der Waals surface area contributed by atoms with Crippen LogP contribution in [-0.4, -0.2) is 21.1 Å². The van der Waals surface area contributed by atoms with Gasteiger partial charge in [0.2, 0.25) is 5.82 Å². The van der Waals surface area contributed by atoms with Crippen LogP contribution in [0.2, 0.25) is 5.02 Å². The summed E-state index contributed by atoms with van der Waals surface area (Å²) in [5, 5.41) is 5.59. The molecule has 0 atom stereocenters. The molecule has 8 heteroatoms. The Bertz CT molecular complexity index is 1180. The largest absolute Gasteiger partial charge is 0.451 e. The number of nitrogens with zero attached hydrogens (tertiary/aromatic N) is 2. The van der Waals surface area contributed by atoms with Gasteiger partial charge < -0.3 is 14.2 Å². The van der Waals surface area contributed by atoms with Crippen LogP contribution < -0.4 is 5.56 Å². The molecular weight excluding hydrogens is 370 g/mol. The lowest BCUT2D eigenvalue weighted by atomic mass is 10.1. The first kappa shape index (κ1) is 17.0. The maximum atomic E-state index is 12.2. The predicted molar refractivity (Wildman–Crippen MR) is 98.4 cm³/mol. The van der Waals surface area contributed by atoms with Crippen LogP contribution in [0.25, 0.3) is 22.2 Å². The molecule has 0 saturated heterocycles. The van der Waals surface area contributed by atoms with Crippen LogP contribution in [0.1, 0.15) is 16.4 Å². The molecule has 0 radical (unpaired) electrons. The van der Waals surface area contributed by atoms with Crippen molar-refractivity contribution in [3.63, 3.8) is 0 Å². The molecule has 4 aromatic rings. The molecule has 0 aliphatic rings. The number of benzene rings is 2. The minimum Gasteiger partial charge on any atom is -0.451 e. The average molecular weight is 382 g/mol. The van der Waals surface area contributed by atoms with Gasteiger partial charge in [-0.25, -0.2) is 4.79 Å². The van der Waals surface area contributed by atoms with Gasteiger partial charge in [-0.05, 0) is 41.8 Å². The summed E-state index contributed by atoms with van der Waals surface area (Å²) in [5.41, 5.74) is 0.415. The second-order valence-electron chi connectivity index (χ2n) is 5.69. The molecule has 7 nitrogen and oxygen atoms in total. The van der Waals surface area contributed by atoms with E-state index in [0.717, 1.165) is 5.56 Å². The summed E-state index contributed by atoms with van der Waals surface area (Å²) in [4.78, 5) is 31.0. The number of H-pyrrole nitrogens is 1. The number of pyridine rings is 1. The van der Waals surface area contributed by atoms with E-state index in [1.807, 2.05) is 0 Å². The Labute approximate surface area is 157 Å². The van der Waals surface area contributed by atoms with Crippen molar-refractivity contribution >= 4 is 28.3 Å². The number of esters is 1. The molecule has 0 aliphatic carbocycles. The topological polar surface area (TPSA) is 98.1 Å². The highest BCUT2D eigenvalue weighted by molar-refractivity contribution is 6.30. The molecule has 27 heavy (non-hydrogen) atoms. The van der Waals surface area contributed by atoms with Gasteiger partial charge in [0.1, 0.15) is 5.69 Å². The van der Waals surface area contributed by atoms with E-state index in [2.05, 4.69) is 15.1 Å². The molecule has 1 N–H and O–H groups in total. The lowest BCUT2D eigenvalue weighted by molar-refractivity contribution is 0.0423. The van der Waals surface area contributed by atoms with Crippen molar-refractivity contribution in [1.82, 2.24) is 15.1 Å². The summed E-state index contributed by atoms with van der Waals surface area (Å²) in [6.07, 6.45) is 0. The fraction of sp³-hybridized carbons (Fsp3) is 0.0526. The third-order valence-electron chi connectivity index (χ3n) is 3.87. The maximum Gasteiger partial charge on any atom is 0.355 e. The summed E-state index contributed by atoms with van der Waals surface area (Å²) >= 11 is 5.85. The SMILES string of the molecule is O=C(OCc1nc(-c2ccc(Cl)cc2)no1)c1cc2ccccc2c(=O)[nH]1. The number of hydrogen-bond donors (Lipinski definition) is 1. The van der Waals surface area contributed by atoms with Crippen LogP contribution >= 0.6 is 11.6 Å². The van der Waals surface area contributed by atoms with Gasteiger partial charge in [-0.3, -0.25) is 4.79 Å². The lowest BCUT2D eigenvalue weighted by Crippen LogP contribution is -2.15. The van der Waals surface area contributed by atoms with Gasteiger partial charge in [0.25, 0.3) is 11.4 Å². The van der Waals surface area contributed by atoms with Crippen LogP contribution in [0.5, 0.6) is 0 Å². The van der Waals surface area contributed by atoms with Crippen LogP contribution in [0.4, 0.5) is 0 Å². The average Bonchev–Trinajstić information content (AvgIpc) is 3.15. The molecule has 2 aromatic heterocycles. The summed E-state index contributed by atoms with van der Waals surface area (Å²) < 4.78 is 10.2. The zero-order valence-electron chi connectivity index (χ0n) is 13.8. The highest BCUT2D eigenvalue weighted by Crippen LogP contribution is 2.19. The van der Waals surface area contributed by atoms with Gasteiger partial charge in [0, 0.05) is 16.0 Å². The molecular formula is C19H12ClN3O4. The first-order chi connectivity index (χ1) is 13.1. The number of ether oxygens (including phenoxy) is 1. The number of hydrogen-bond acceptors (Lipinski definition) is 6.